The van der Waals surface area contributed by atoms with E-state index in [4.69, 9.17) is 0 Å². The van der Waals surface area contributed by atoms with Gasteiger partial charge in [-0.25, -0.2) is 0 Å². The number of aromatic nitrogens is 1. The molecule has 0 saturated heterocycles. The van der Waals surface area contributed by atoms with E-state index in [2.05, 4.69) is 54.3 Å². The molecule has 112 valence electrons. The van der Waals surface area contributed by atoms with Crippen LogP contribution < -0.4 is 5.32 Å². The summed E-state index contributed by atoms with van der Waals surface area (Å²) in [7, 11) is 2.22. The Balaban J connectivity index is 1.87. The molecule has 1 aliphatic rings. The van der Waals surface area contributed by atoms with Crippen LogP contribution in [0.3, 0.4) is 0 Å². The first kappa shape index (κ1) is 15.5. The van der Waals surface area contributed by atoms with Crippen LogP contribution in [0, 0.1) is 12.8 Å². The second-order valence-corrected chi connectivity index (χ2v) is 6.18. The molecule has 2 rings (SSSR count). The van der Waals surface area contributed by atoms with Crippen molar-refractivity contribution < 1.29 is 0 Å². The molecule has 1 N–H and O–H groups in total. The van der Waals surface area contributed by atoms with Crippen LogP contribution in [0.4, 0.5) is 0 Å². The fourth-order valence-corrected chi connectivity index (χ4v) is 3.39. The highest BCUT2D eigenvalue weighted by atomic mass is 15.1. The zero-order valence-electron chi connectivity index (χ0n) is 13.2. The van der Waals surface area contributed by atoms with Gasteiger partial charge in [0.1, 0.15) is 0 Å². The fraction of sp³-hybridized carbons (Fsp3) is 0.706. The Kier molecular flexibility index (Phi) is 5.99. The summed E-state index contributed by atoms with van der Waals surface area (Å²) in [6, 6.07) is 7.01. The van der Waals surface area contributed by atoms with E-state index in [9.17, 15) is 0 Å². The lowest BCUT2D eigenvalue weighted by Gasteiger charge is -2.34. The maximum Gasteiger partial charge on any atom is 0.0547 e. The number of rotatable bonds is 6. The molecule has 1 aromatic heterocycles. The minimum absolute atomic E-state index is 0.710. The first-order valence-electron chi connectivity index (χ1n) is 8.03. The zero-order chi connectivity index (χ0) is 14.4. The molecular weight excluding hydrogens is 246 g/mol. The van der Waals surface area contributed by atoms with Crippen molar-refractivity contribution >= 4 is 0 Å². The Hall–Kier alpha value is -0.930. The molecular formula is C17H29N3. The van der Waals surface area contributed by atoms with Crippen molar-refractivity contribution in [2.24, 2.45) is 5.92 Å². The van der Waals surface area contributed by atoms with Crippen LogP contribution >= 0.6 is 0 Å². The molecule has 1 aromatic rings. The lowest BCUT2D eigenvalue weighted by molar-refractivity contribution is 0.185. The lowest BCUT2D eigenvalue weighted by atomic mass is 9.84. The van der Waals surface area contributed by atoms with Crippen molar-refractivity contribution in [2.75, 3.05) is 20.1 Å². The first-order chi connectivity index (χ1) is 9.69. The summed E-state index contributed by atoms with van der Waals surface area (Å²) in [5.41, 5.74) is 2.29. The maximum atomic E-state index is 4.60. The van der Waals surface area contributed by atoms with Gasteiger partial charge in [-0.15, -0.1) is 0 Å². The van der Waals surface area contributed by atoms with E-state index in [1.165, 1.54) is 37.9 Å². The predicted octanol–water partition coefficient (Wildman–Crippen LogP) is 2.99. The molecule has 1 aliphatic carbocycles. The molecule has 3 nitrogen and oxygen atoms in total. The van der Waals surface area contributed by atoms with Crippen LogP contribution in [-0.2, 0) is 6.54 Å². The third-order valence-corrected chi connectivity index (χ3v) is 4.30. The number of hydrogen-bond acceptors (Lipinski definition) is 3. The molecule has 2 unspecified atom stereocenters. The topological polar surface area (TPSA) is 28.2 Å². The molecule has 0 aliphatic heterocycles. The standard InChI is InChI=1S/C17H29N3/c1-4-18-17-11-6-5-9-15(17)12-20(3)13-16-10-7-8-14(2)19-16/h7-8,10,15,17-18H,4-6,9,11-13H2,1-3H3. The van der Waals surface area contributed by atoms with Crippen molar-refractivity contribution in [2.45, 2.75) is 52.1 Å². The Bertz CT molecular complexity index is 403. The normalized spacial score (nSPS) is 23.2. The van der Waals surface area contributed by atoms with E-state index >= 15 is 0 Å². The highest BCUT2D eigenvalue weighted by Crippen LogP contribution is 2.25. The summed E-state index contributed by atoms with van der Waals surface area (Å²) < 4.78 is 0. The number of nitrogens with zero attached hydrogens (tertiary/aromatic N) is 2. The maximum absolute atomic E-state index is 4.60. The summed E-state index contributed by atoms with van der Waals surface area (Å²) in [6.07, 6.45) is 5.48. The quantitative estimate of drug-likeness (QED) is 0.865. The molecule has 0 spiro atoms. The van der Waals surface area contributed by atoms with E-state index in [0.717, 1.165) is 24.7 Å². The van der Waals surface area contributed by atoms with Crippen molar-refractivity contribution in [1.29, 1.82) is 0 Å². The fourth-order valence-electron chi connectivity index (χ4n) is 3.39. The van der Waals surface area contributed by atoms with E-state index in [0.29, 0.717) is 6.04 Å². The van der Waals surface area contributed by atoms with Crippen molar-refractivity contribution in [3.8, 4) is 0 Å². The molecule has 1 heterocycles. The third-order valence-electron chi connectivity index (χ3n) is 4.30. The molecule has 1 fully saturated rings. The van der Waals surface area contributed by atoms with E-state index in [-0.39, 0.29) is 0 Å². The molecule has 3 heteroatoms. The molecule has 0 bridgehead atoms. The average molecular weight is 275 g/mol. The second kappa shape index (κ2) is 7.75. The van der Waals surface area contributed by atoms with Crippen LogP contribution in [0.2, 0.25) is 0 Å². The molecule has 1 saturated carbocycles. The Morgan fingerprint density at radius 2 is 2.10 bits per heavy atom. The largest absolute Gasteiger partial charge is 0.314 e. The molecule has 0 aromatic carbocycles. The SMILES string of the molecule is CCNC1CCCCC1CN(C)Cc1cccc(C)n1. The van der Waals surface area contributed by atoms with Gasteiger partial charge in [-0.1, -0.05) is 25.8 Å². The number of aryl methyl sites for hydroxylation is 1. The van der Waals surface area contributed by atoms with Crippen LogP contribution in [-0.4, -0.2) is 36.1 Å². The summed E-state index contributed by atoms with van der Waals surface area (Å²) in [6.45, 7) is 7.49. The van der Waals surface area contributed by atoms with E-state index in [1.54, 1.807) is 0 Å². The molecule has 0 amide bonds. The van der Waals surface area contributed by atoms with Gasteiger partial charge in [0.25, 0.3) is 0 Å². The molecule has 0 radical (unpaired) electrons. The van der Waals surface area contributed by atoms with Gasteiger partial charge in [-0.05, 0) is 51.4 Å². The second-order valence-electron chi connectivity index (χ2n) is 6.18. The summed E-state index contributed by atoms with van der Waals surface area (Å²) in [5, 5.41) is 3.67. The van der Waals surface area contributed by atoms with Gasteiger partial charge in [0.05, 0.1) is 5.69 Å². The minimum Gasteiger partial charge on any atom is -0.314 e. The Labute approximate surface area is 123 Å². The zero-order valence-corrected chi connectivity index (χ0v) is 13.2. The van der Waals surface area contributed by atoms with E-state index < -0.39 is 0 Å². The average Bonchev–Trinajstić information content (AvgIpc) is 2.41. The predicted molar refractivity (Wildman–Crippen MR) is 84.7 cm³/mol. The van der Waals surface area contributed by atoms with Crippen LogP contribution in [0.25, 0.3) is 0 Å². The summed E-state index contributed by atoms with van der Waals surface area (Å²) in [4.78, 5) is 7.04. The summed E-state index contributed by atoms with van der Waals surface area (Å²) in [5.74, 6) is 0.790. The lowest BCUT2D eigenvalue weighted by Crippen LogP contribution is -2.43. The monoisotopic (exact) mass is 275 g/mol. The highest BCUT2D eigenvalue weighted by molar-refractivity contribution is 5.09. The van der Waals surface area contributed by atoms with Crippen molar-refractivity contribution in [3.05, 3.63) is 29.6 Å². The van der Waals surface area contributed by atoms with Crippen molar-refractivity contribution in [3.63, 3.8) is 0 Å². The van der Waals surface area contributed by atoms with Gasteiger partial charge in [-0.3, -0.25) is 4.98 Å². The van der Waals surface area contributed by atoms with Gasteiger partial charge >= 0.3 is 0 Å². The smallest absolute Gasteiger partial charge is 0.0547 e. The molecule has 20 heavy (non-hydrogen) atoms. The number of pyridine rings is 1. The van der Waals surface area contributed by atoms with Gasteiger partial charge in [0.2, 0.25) is 0 Å². The van der Waals surface area contributed by atoms with Crippen LogP contribution in [0.1, 0.15) is 44.0 Å². The Morgan fingerprint density at radius 3 is 2.85 bits per heavy atom. The van der Waals surface area contributed by atoms with Gasteiger partial charge in [0.15, 0.2) is 0 Å². The third kappa shape index (κ3) is 4.57. The van der Waals surface area contributed by atoms with E-state index in [1.807, 2.05) is 0 Å². The van der Waals surface area contributed by atoms with Crippen LogP contribution in [0.5, 0.6) is 0 Å². The first-order valence-corrected chi connectivity index (χ1v) is 8.03. The van der Waals surface area contributed by atoms with Crippen molar-refractivity contribution in [1.82, 2.24) is 15.2 Å². The number of hydrogen-bond donors (Lipinski definition) is 1. The minimum atomic E-state index is 0.710. The number of nitrogens with one attached hydrogen (secondary N) is 1. The highest BCUT2D eigenvalue weighted by Gasteiger charge is 2.25. The summed E-state index contributed by atoms with van der Waals surface area (Å²) >= 11 is 0. The van der Waals surface area contributed by atoms with Gasteiger partial charge in [0, 0.05) is 24.8 Å². The van der Waals surface area contributed by atoms with Gasteiger partial charge in [-0.2, -0.15) is 0 Å². The molecule has 2 atom stereocenters. The Morgan fingerprint density at radius 1 is 1.30 bits per heavy atom. The van der Waals surface area contributed by atoms with Gasteiger partial charge < -0.3 is 10.2 Å². The van der Waals surface area contributed by atoms with Crippen LogP contribution in [0.15, 0.2) is 18.2 Å².